The van der Waals surface area contributed by atoms with E-state index in [1.54, 1.807) is 65.8 Å². The fourth-order valence-corrected chi connectivity index (χ4v) is 6.71. The highest BCUT2D eigenvalue weighted by molar-refractivity contribution is 6.64. The van der Waals surface area contributed by atoms with Crippen LogP contribution in [0.4, 0.5) is 0 Å². The zero-order valence-electron chi connectivity index (χ0n) is 31.6. The first-order chi connectivity index (χ1) is 24.6. The number of carbonyl (C=O) groups is 4. The van der Waals surface area contributed by atoms with E-state index in [0.717, 1.165) is 24.0 Å². The smallest absolute Gasteiger partial charge is 0.316 e. The molecule has 0 aromatic heterocycles. The number of hydrogen-bond acceptors (Lipinski definition) is 8. The number of aryl methyl sites for hydroxylation is 2. The number of ether oxygens (including phenoxy) is 3. The first kappa shape index (κ1) is 42.3. The van der Waals surface area contributed by atoms with Crippen LogP contribution in [-0.4, -0.2) is 65.6 Å². The van der Waals surface area contributed by atoms with Gasteiger partial charge in [0.25, 0.3) is 11.8 Å². The van der Waals surface area contributed by atoms with Gasteiger partial charge in [0, 0.05) is 39.8 Å². The standard InChI is InChI=1S/C20H24ClNO4.C15H16ClNO3.C5H9ClO/c1-12-6-7-13(14(21)10-12)15-16(26-18(24)19(2,3)4)20(22-17(15)23)8-5-9-25-11-20;1-9-3-4-10(11(16)7-9)12-13(18)15(17-14(12)19)5-2-6-20-8-15;1-5(2,3)4(6)7/h6-7,10H,5,8-9,11H2,1-4H3,(H,22,23);3-4,7,18H,2,5-6,8H2,1H3,(H,17,19);1-3H3. The Morgan fingerprint density at radius 1 is 0.755 bits per heavy atom. The first-order valence-corrected chi connectivity index (χ1v) is 18.7. The Bertz CT molecular complexity index is 1830. The summed E-state index contributed by atoms with van der Waals surface area (Å²) in [5.74, 6) is -0.604. The van der Waals surface area contributed by atoms with Crippen LogP contribution in [-0.2, 0) is 33.4 Å². The fourth-order valence-electron chi connectivity index (χ4n) is 6.05. The lowest BCUT2D eigenvalue weighted by Gasteiger charge is -2.35. The van der Waals surface area contributed by atoms with Crippen LogP contribution >= 0.6 is 34.8 Å². The monoisotopic (exact) mass is 790 g/mol. The van der Waals surface area contributed by atoms with Crippen molar-refractivity contribution in [1.29, 1.82) is 0 Å². The lowest BCUT2D eigenvalue weighted by atomic mass is 9.89. The summed E-state index contributed by atoms with van der Waals surface area (Å²) in [7, 11) is 0. The maximum atomic E-state index is 12.9. The normalized spacial score (nSPS) is 22.8. The molecule has 2 saturated heterocycles. The van der Waals surface area contributed by atoms with Crippen molar-refractivity contribution >= 4 is 69.0 Å². The third-order valence-electron chi connectivity index (χ3n) is 9.18. The van der Waals surface area contributed by atoms with Crippen LogP contribution in [0.5, 0.6) is 0 Å². The van der Waals surface area contributed by atoms with Crippen LogP contribution < -0.4 is 10.6 Å². The quantitative estimate of drug-likeness (QED) is 0.210. The molecule has 0 aliphatic carbocycles. The SMILES string of the molecule is CC(C)(C)C(=O)Cl.Cc1ccc(C2=C(O)C3(CCCOC3)NC2=O)c(Cl)c1.Cc1ccc(C2=C(OC(=O)C(C)(C)C)C3(CCCOC3)NC2=O)c(Cl)c1. The van der Waals surface area contributed by atoms with Crippen LogP contribution in [0, 0.1) is 24.7 Å². The number of nitrogens with one attached hydrogen (secondary N) is 2. The molecule has 2 spiro atoms. The zero-order chi connectivity index (χ0) is 39.5. The van der Waals surface area contributed by atoms with Gasteiger partial charge in [-0.2, -0.15) is 0 Å². The van der Waals surface area contributed by atoms with Crippen LogP contribution in [0.15, 0.2) is 47.9 Å². The number of amides is 2. The van der Waals surface area contributed by atoms with E-state index in [1.807, 2.05) is 26.0 Å². The van der Waals surface area contributed by atoms with Gasteiger partial charge in [0.15, 0.2) is 0 Å². The Labute approximate surface area is 326 Å². The number of rotatable bonds is 3. The topological polar surface area (TPSA) is 140 Å². The molecule has 2 aromatic carbocycles. The molecule has 0 saturated carbocycles. The van der Waals surface area contributed by atoms with Crippen molar-refractivity contribution in [2.24, 2.45) is 10.8 Å². The highest BCUT2D eigenvalue weighted by Crippen LogP contribution is 2.42. The molecule has 2 unspecified atom stereocenters. The van der Waals surface area contributed by atoms with E-state index in [9.17, 15) is 24.3 Å². The molecule has 4 heterocycles. The summed E-state index contributed by atoms with van der Waals surface area (Å²) in [5, 5.41) is 17.0. The van der Waals surface area contributed by atoms with Crippen LogP contribution in [0.3, 0.4) is 0 Å². The van der Waals surface area contributed by atoms with Gasteiger partial charge < -0.3 is 30.0 Å². The minimum absolute atomic E-state index is 0.0490. The number of hydrogen-bond donors (Lipinski definition) is 3. The van der Waals surface area contributed by atoms with Crippen molar-refractivity contribution in [3.05, 3.63) is 80.2 Å². The largest absolute Gasteiger partial charge is 0.509 e. The van der Waals surface area contributed by atoms with E-state index in [0.29, 0.717) is 65.2 Å². The van der Waals surface area contributed by atoms with Gasteiger partial charge in [0.2, 0.25) is 5.24 Å². The minimum Gasteiger partial charge on any atom is -0.509 e. The average molecular weight is 792 g/mol. The molecule has 0 bridgehead atoms. The summed E-state index contributed by atoms with van der Waals surface area (Å²) in [6.07, 6.45) is 2.90. The average Bonchev–Trinajstić information content (AvgIpc) is 3.44. The minimum atomic E-state index is -0.820. The molecule has 288 valence electrons. The van der Waals surface area contributed by atoms with Gasteiger partial charge in [-0.1, -0.05) is 68.2 Å². The Balaban J connectivity index is 0.000000205. The fraction of sp³-hybridized carbons (Fsp3) is 0.500. The predicted octanol–water partition coefficient (Wildman–Crippen LogP) is 8.02. The third kappa shape index (κ3) is 9.64. The van der Waals surface area contributed by atoms with Crippen molar-refractivity contribution in [3.63, 3.8) is 0 Å². The first-order valence-electron chi connectivity index (χ1n) is 17.6. The molecule has 4 aliphatic heterocycles. The second-order valence-corrected chi connectivity index (χ2v) is 17.1. The molecule has 2 fully saturated rings. The van der Waals surface area contributed by atoms with E-state index in [-0.39, 0.29) is 40.4 Å². The maximum Gasteiger partial charge on any atom is 0.316 e. The van der Waals surface area contributed by atoms with Crippen LogP contribution in [0.25, 0.3) is 11.1 Å². The molecule has 2 aromatic rings. The van der Waals surface area contributed by atoms with E-state index < -0.39 is 22.5 Å². The van der Waals surface area contributed by atoms with Crippen molar-refractivity contribution in [2.75, 3.05) is 26.4 Å². The molecular formula is C40H49Cl3N2O8. The van der Waals surface area contributed by atoms with Crippen molar-refractivity contribution in [2.45, 2.75) is 92.2 Å². The van der Waals surface area contributed by atoms with Crippen molar-refractivity contribution in [1.82, 2.24) is 10.6 Å². The lowest BCUT2D eigenvalue weighted by molar-refractivity contribution is -0.150. The molecule has 3 N–H and O–H groups in total. The second-order valence-electron chi connectivity index (χ2n) is 15.9. The molecular weight excluding hydrogens is 743 g/mol. The molecule has 53 heavy (non-hydrogen) atoms. The number of aliphatic hydroxyl groups excluding tert-OH is 1. The molecule has 2 atom stereocenters. The summed E-state index contributed by atoms with van der Waals surface area (Å²) in [6.45, 7) is 16.4. The predicted molar refractivity (Wildman–Crippen MR) is 207 cm³/mol. The number of halogens is 3. The summed E-state index contributed by atoms with van der Waals surface area (Å²) in [5.41, 5.74) is 1.04. The van der Waals surface area contributed by atoms with Crippen LogP contribution in [0.1, 0.15) is 89.5 Å². The summed E-state index contributed by atoms with van der Waals surface area (Å²) in [6, 6.07) is 10.9. The molecule has 4 aliphatic rings. The highest BCUT2D eigenvalue weighted by Gasteiger charge is 2.51. The van der Waals surface area contributed by atoms with E-state index in [1.165, 1.54) is 0 Å². The maximum absolute atomic E-state index is 12.9. The number of aliphatic hydroxyl groups is 1. The van der Waals surface area contributed by atoms with Crippen molar-refractivity contribution < 1.29 is 38.5 Å². The van der Waals surface area contributed by atoms with E-state index >= 15 is 0 Å². The van der Waals surface area contributed by atoms with Gasteiger partial charge >= 0.3 is 5.97 Å². The third-order valence-corrected chi connectivity index (χ3v) is 10.4. The van der Waals surface area contributed by atoms with Gasteiger partial charge in [-0.3, -0.25) is 19.2 Å². The summed E-state index contributed by atoms with van der Waals surface area (Å²) in [4.78, 5) is 47.9. The lowest BCUT2D eigenvalue weighted by Crippen LogP contribution is -2.51. The van der Waals surface area contributed by atoms with E-state index in [2.05, 4.69) is 10.6 Å². The second kappa shape index (κ2) is 16.5. The van der Waals surface area contributed by atoms with Crippen LogP contribution in [0.2, 0.25) is 10.0 Å². The van der Waals surface area contributed by atoms with Gasteiger partial charge in [-0.05, 0) is 95.2 Å². The Morgan fingerprint density at radius 3 is 1.60 bits per heavy atom. The Morgan fingerprint density at radius 2 is 1.19 bits per heavy atom. The summed E-state index contributed by atoms with van der Waals surface area (Å²) >= 11 is 17.7. The molecule has 0 radical (unpaired) electrons. The molecule has 6 rings (SSSR count). The summed E-state index contributed by atoms with van der Waals surface area (Å²) < 4.78 is 16.8. The Hall–Kier alpha value is -3.41. The zero-order valence-corrected chi connectivity index (χ0v) is 33.8. The molecule has 13 heteroatoms. The van der Waals surface area contributed by atoms with Gasteiger partial charge in [0.1, 0.15) is 22.6 Å². The van der Waals surface area contributed by atoms with E-state index in [4.69, 9.17) is 49.0 Å². The van der Waals surface area contributed by atoms with Gasteiger partial charge in [0.05, 0.1) is 29.8 Å². The number of carbonyl (C=O) groups excluding carboxylic acids is 4. The number of benzene rings is 2. The van der Waals surface area contributed by atoms with Gasteiger partial charge in [-0.25, -0.2) is 0 Å². The number of esters is 1. The van der Waals surface area contributed by atoms with Crippen molar-refractivity contribution in [3.8, 4) is 0 Å². The highest BCUT2D eigenvalue weighted by atomic mass is 35.5. The Kier molecular flexibility index (Phi) is 13.2. The molecule has 2 amide bonds. The van der Waals surface area contributed by atoms with Gasteiger partial charge in [-0.15, -0.1) is 0 Å². The molecule has 10 nitrogen and oxygen atoms in total.